The Morgan fingerprint density at radius 3 is 2.54 bits per heavy atom. The van der Waals surface area contributed by atoms with Crippen LogP contribution in [0.5, 0.6) is 0 Å². The van der Waals surface area contributed by atoms with E-state index in [1.54, 1.807) is 0 Å². The predicted octanol–water partition coefficient (Wildman–Crippen LogP) is 3.50. The molecule has 1 aromatic rings. The Morgan fingerprint density at radius 1 is 1.38 bits per heavy atom. The molecule has 0 heterocycles. The number of hydrogen-bond donors (Lipinski definition) is 0. The molecule has 0 aliphatic rings. The van der Waals surface area contributed by atoms with E-state index in [-0.39, 0.29) is 15.6 Å². The maximum Gasteiger partial charge on any atom is 0.186 e. The lowest BCUT2D eigenvalue weighted by molar-refractivity contribution is 0.104. The first-order chi connectivity index (χ1) is 6.06. The Bertz CT molecular complexity index is 374. The maximum absolute atomic E-state index is 12.9. The minimum atomic E-state index is -0.670. The third-order valence-electron chi connectivity index (χ3n) is 1.46. The summed E-state index contributed by atoms with van der Waals surface area (Å²) >= 11 is 11.1. The summed E-state index contributed by atoms with van der Waals surface area (Å²) in [6.45, 7) is 3.27. The summed E-state index contributed by atoms with van der Waals surface area (Å²) in [5, 5.41) is 0.0157. The van der Waals surface area contributed by atoms with Gasteiger partial charge in [0, 0.05) is 5.56 Å². The number of allylic oxidation sites excluding steroid dienone is 1. The van der Waals surface area contributed by atoms with Crippen molar-refractivity contribution >= 4 is 29.0 Å². The molecule has 1 rings (SSSR count). The number of hydrogen-bond acceptors (Lipinski definition) is 1. The third-order valence-corrected chi connectivity index (χ3v) is 2.06. The Hall–Kier alpha value is -0.860. The van der Waals surface area contributed by atoms with Crippen molar-refractivity contribution in [1.82, 2.24) is 0 Å². The molecule has 0 unspecified atom stereocenters. The molecule has 13 heavy (non-hydrogen) atoms. The van der Waals surface area contributed by atoms with E-state index >= 15 is 0 Å². The first-order valence-electron chi connectivity index (χ1n) is 3.37. The van der Waals surface area contributed by atoms with E-state index in [9.17, 15) is 9.18 Å². The van der Waals surface area contributed by atoms with Gasteiger partial charge in [-0.3, -0.25) is 4.79 Å². The Labute approximate surface area is 84.8 Å². The molecule has 0 saturated carbocycles. The van der Waals surface area contributed by atoms with E-state index < -0.39 is 11.6 Å². The van der Waals surface area contributed by atoms with Crippen LogP contribution in [0.4, 0.5) is 4.39 Å². The second-order valence-corrected chi connectivity index (χ2v) is 3.13. The zero-order valence-corrected chi connectivity index (χ0v) is 7.99. The number of halogens is 3. The van der Waals surface area contributed by atoms with Crippen LogP contribution in [0.15, 0.2) is 24.8 Å². The van der Waals surface area contributed by atoms with Crippen LogP contribution in [0.3, 0.4) is 0 Å². The molecule has 0 atom stereocenters. The SMILES string of the molecule is C=CC(=O)c1cc(F)c(Cl)cc1Cl. The molecule has 1 aromatic carbocycles. The summed E-state index contributed by atoms with van der Waals surface area (Å²) in [7, 11) is 0. The van der Waals surface area contributed by atoms with E-state index in [2.05, 4.69) is 6.58 Å². The first-order valence-corrected chi connectivity index (χ1v) is 4.13. The van der Waals surface area contributed by atoms with Crippen molar-refractivity contribution in [2.24, 2.45) is 0 Å². The molecular weight excluding hydrogens is 214 g/mol. The van der Waals surface area contributed by atoms with Gasteiger partial charge >= 0.3 is 0 Å². The molecule has 0 aliphatic carbocycles. The minimum absolute atomic E-state index is 0.0681. The molecule has 68 valence electrons. The Balaban J connectivity index is 3.31. The monoisotopic (exact) mass is 218 g/mol. The van der Waals surface area contributed by atoms with Gasteiger partial charge < -0.3 is 0 Å². The lowest BCUT2D eigenvalue weighted by atomic mass is 10.1. The van der Waals surface area contributed by atoms with Gasteiger partial charge in [0.15, 0.2) is 5.78 Å². The average Bonchev–Trinajstić information content (AvgIpc) is 2.10. The summed E-state index contributed by atoms with van der Waals surface area (Å²) in [5.74, 6) is -1.10. The van der Waals surface area contributed by atoms with Crippen molar-refractivity contribution in [1.29, 1.82) is 0 Å². The van der Waals surface area contributed by atoms with Gasteiger partial charge in [-0.15, -0.1) is 0 Å². The molecule has 0 aliphatic heterocycles. The predicted molar refractivity (Wildman–Crippen MR) is 50.9 cm³/mol. The second-order valence-electron chi connectivity index (χ2n) is 2.31. The summed E-state index contributed by atoms with van der Waals surface area (Å²) in [5.41, 5.74) is 0.0681. The smallest absolute Gasteiger partial charge is 0.186 e. The van der Waals surface area contributed by atoms with E-state index in [0.29, 0.717) is 0 Å². The highest BCUT2D eigenvalue weighted by molar-refractivity contribution is 6.37. The van der Waals surface area contributed by atoms with Gasteiger partial charge in [-0.1, -0.05) is 29.8 Å². The first kappa shape index (κ1) is 10.2. The number of ketones is 1. The fraction of sp³-hybridized carbons (Fsp3) is 0. The van der Waals surface area contributed by atoms with Crippen LogP contribution in [-0.2, 0) is 0 Å². The minimum Gasteiger partial charge on any atom is -0.289 e. The third kappa shape index (κ3) is 2.08. The molecule has 0 N–H and O–H groups in total. The zero-order valence-electron chi connectivity index (χ0n) is 6.48. The molecule has 1 nitrogen and oxygen atoms in total. The van der Waals surface area contributed by atoms with E-state index in [0.717, 1.165) is 12.1 Å². The van der Waals surface area contributed by atoms with Crippen LogP contribution in [0.1, 0.15) is 10.4 Å². The van der Waals surface area contributed by atoms with Crippen LogP contribution in [-0.4, -0.2) is 5.78 Å². The Morgan fingerprint density at radius 2 is 2.00 bits per heavy atom. The van der Waals surface area contributed by atoms with Crippen molar-refractivity contribution in [2.75, 3.05) is 0 Å². The lowest BCUT2D eigenvalue weighted by Crippen LogP contribution is -1.96. The van der Waals surface area contributed by atoms with Gasteiger partial charge in [0.05, 0.1) is 10.0 Å². The molecule has 0 saturated heterocycles. The van der Waals surface area contributed by atoms with Crippen LogP contribution >= 0.6 is 23.2 Å². The van der Waals surface area contributed by atoms with Gasteiger partial charge in [-0.05, 0) is 18.2 Å². The van der Waals surface area contributed by atoms with E-state index in [1.807, 2.05) is 0 Å². The second kappa shape index (κ2) is 3.90. The summed E-state index contributed by atoms with van der Waals surface area (Å²) in [6, 6.07) is 2.18. The van der Waals surface area contributed by atoms with E-state index in [4.69, 9.17) is 23.2 Å². The normalized spacial score (nSPS) is 9.77. The largest absolute Gasteiger partial charge is 0.289 e. The van der Waals surface area contributed by atoms with Gasteiger partial charge in [0.25, 0.3) is 0 Å². The fourth-order valence-corrected chi connectivity index (χ4v) is 1.30. The molecular formula is C9H5Cl2FO. The van der Waals surface area contributed by atoms with Crippen molar-refractivity contribution in [3.63, 3.8) is 0 Å². The summed E-state index contributed by atoms with van der Waals surface area (Å²) in [4.78, 5) is 11.1. The summed E-state index contributed by atoms with van der Waals surface area (Å²) in [6.07, 6.45) is 1.06. The van der Waals surface area contributed by atoms with Crippen molar-refractivity contribution < 1.29 is 9.18 Å². The highest BCUT2D eigenvalue weighted by atomic mass is 35.5. The van der Waals surface area contributed by atoms with Crippen LogP contribution < -0.4 is 0 Å². The zero-order chi connectivity index (χ0) is 10.0. The molecule has 0 aromatic heterocycles. The van der Waals surface area contributed by atoms with Crippen molar-refractivity contribution in [2.45, 2.75) is 0 Å². The lowest BCUT2D eigenvalue weighted by Gasteiger charge is -2.01. The number of rotatable bonds is 2. The Kier molecular flexibility index (Phi) is 3.07. The number of carbonyl (C=O) groups is 1. The number of benzene rings is 1. The number of carbonyl (C=O) groups excluding carboxylic acids is 1. The van der Waals surface area contributed by atoms with Crippen molar-refractivity contribution in [3.05, 3.63) is 46.2 Å². The standard InChI is InChI=1S/C9H5Cl2FO/c1-2-9(13)5-3-8(12)7(11)4-6(5)10/h2-4H,1H2. The molecule has 0 bridgehead atoms. The highest BCUT2D eigenvalue weighted by Gasteiger charge is 2.11. The summed E-state index contributed by atoms with van der Waals surface area (Å²) < 4.78 is 12.9. The molecule has 0 spiro atoms. The van der Waals surface area contributed by atoms with Crippen LogP contribution in [0.2, 0.25) is 10.0 Å². The average molecular weight is 219 g/mol. The quantitative estimate of drug-likeness (QED) is 0.422. The van der Waals surface area contributed by atoms with Gasteiger partial charge in [-0.2, -0.15) is 0 Å². The van der Waals surface area contributed by atoms with Gasteiger partial charge in [0.2, 0.25) is 0 Å². The van der Waals surface area contributed by atoms with Gasteiger partial charge in [-0.25, -0.2) is 4.39 Å². The fourth-order valence-electron chi connectivity index (χ4n) is 0.821. The highest BCUT2D eigenvalue weighted by Crippen LogP contribution is 2.24. The molecule has 0 amide bonds. The molecule has 4 heteroatoms. The molecule has 0 fully saturated rings. The van der Waals surface area contributed by atoms with Gasteiger partial charge in [0.1, 0.15) is 5.82 Å². The molecule has 0 radical (unpaired) electrons. The van der Waals surface area contributed by atoms with Crippen LogP contribution in [0, 0.1) is 5.82 Å². The van der Waals surface area contributed by atoms with Crippen molar-refractivity contribution in [3.8, 4) is 0 Å². The topological polar surface area (TPSA) is 17.1 Å². The van der Waals surface area contributed by atoms with E-state index in [1.165, 1.54) is 6.07 Å². The maximum atomic E-state index is 12.9. The van der Waals surface area contributed by atoms with Crippen LogP contribution in [0.25, 0.3) is 0 Å².